The zero-order valence-corrected chi connectivity index (χ0v) is 12.1. The molecule has 0 radical (unpaired) electrons. The third-order valence-corrected chi connectivity index (χ3v) is 4.76. The Morgan fingerprint density at radius 3 is 2.76 bits per heavy atom. The topological polar surface area (TPSA) is 82.2 Å². The molecule has 21 heavy (non-hydrogen) atoms. The van der Waals surface area contributed by atoms with Crippen molar-refractivity contribution in [3.8, 4) is 0 Å². The molecule has 110 valence electrons. The third kappa shape index (κ3) is 3.06. The van der Waals surface area contributed by atoms with Gasteiger partial charge < -0.3 is 15.4 Å². The van der Waals surface area contributed by atoms with Crippen LogP contribution in [-0.4, -0.2) is 22.1 Å². The molecule has 1 amide bonds. The summed E-state index contributed by atoms with van der Waals surface area (Å²) in [5.74, 6) is 0.0383. The summed E-state index contributed by atoms with van der Waals surface area (Å²) in [7, 11) is 0. The Bertz CT molecular complexity index is 654. The van der Waals surface area contributed by atoms with E-state index in [4.69, 9.17) is 0 Å². The number of pyridine rings is 1. The number of aromatic amines is 1. The van der Waals surface area contributed by atoms with Crippen LogP contribution in [0.15, 0.2) is 40.6 Å². The van der Waals surface area contributed by atoms with Crippen LogP contribution in [0.3, 0.4) is 0 Å². The van der Waals surface area contributed by atoms with E-state index in [9.17, 15) is 14.7 Å². The number of amides is 1. The second-order valence-corrected chi connectivity index (χ2v) is 6.27. The first-order valence-corrected chi connectivity index (χ1v) is 7.72. The molecule has 3 rings (SSSR count). The molecular weight excluding hydrogens is 288 g/mol. The van der Waals surface area contributed by atoms with Crippen molar-refractivity contribution < 1.29 is 9.90 Å². The lowest BCUT2D eigenvalue weighted by atomic mass is 9.76. The lowest BCUT2D eigenvalue weighted by Crippen LogP contribution is -2.41. The summed E-state index contributed by atoms with van der Waals surface area (Å²) >= 11 is 1.60. The van der Waals surface area contributed by atoms with Crippen LogP contribution in [0.25, 0.3) is 0 Å². The molecule has 1 fully saturated rings. The van der Waals surface area contributed by atoms with Crippen molar-refractivity contribution in [1.82, 2.24) is 10.3 Å². The number of hydrogen-bond donors (Lipinski definition) is 3. The van der Waals surface area contributed by atoms with Crippen LogP contribution in [0.5, 0.6) is 0 Å². The maximum absolute atomic E-state index is 12.3. The minimum Gasteiger partial charge on any atom is -0.393 e. The molecule has 1 aliphatic carbocycles. The van der Waals surface area contributed by atoms with E-state index in [0.29, 0.717) is 18.4 Å². The number of aliphatic hydroxyl groups excluding tert-OH is 1. The molecule has 0 spiro atoms. The fourth-order valence-electron chi connectivity index (χ4n) is 2.57. The lowest BCUT2D eigenvalue weighted by molar-refractivity contribution is 0.0241. The smallest absolute Gasteiger partial charge is 0.253 e. The van der Waals surface area contributed by atoms with Gasteiger partial charge in [-0.15, -0.1) is 11.3 Å². The van der Waals surface area contributed by atoms with Crippen LogP contribution in [0.2, 0.25) is 0 Å². The van der Waals surface area contributed by atoms with Crippen LogP contribution in [0.4, 0.5) is 0 Å². The van der Waals surface area contributed by atoms with E-state index in [-0.39, 0.29) is 29.5 Å². The van der Waals surface area contributed by atoms with Crippen molar-refractivity contribution >= 4 is 17.2 Å². The average molecular weight is 304 g/mol. The summed E-state index contributed by atoms with van der Waals surface area (Å²) in [4.78, 5) is 26.9. The van der Waals surface area contributed by atoms with Gasteiger partial charge in [0, 0.05) is 17.1 Å². The van der Waals surface area contributed by atoms with Crippen molar-refractivity contribution in [2.24, 2.45) is 5.92 Å². The normalized spacial score (nSPS) is 22.3. The largest absolute Gasteiger partial charge is 0.393 e. The first kappa shape index (κ1) is 14.0. The van der Waals surface area contributed by atoms with Gasteiger partial charge in [0.05, 0.1) is 17.7 Å². The summed E-state index contributed by atoms with van der Waals surface area (Å²) < 4.78 is 0. The number of carbonyl (C=O) groups is 1. The molecule has 0 unspecified atom stereocenters. The molecule has 5 nitrogen and oxygen atoms in total. The highest BCUT2D eigenvalue weighted by molar-refractivity contribution is 7.10. The Balaban J connectivity index is 1.76. The second-order valence-electron chi connectivity index (χ2n) is 5.29. The van der Waals surface area contributed by atoms with Crippen LogP contribution >= 0.6 is 11.3 Å². The van der Waals surface area contributed by atoms with E-state index in [1.165, 1.54) is 18.3 Å². The van der Waals surface area contributed by atoms with Gasteiger partial charge in [-0.2, -0.15) is 0 Å². The van der Waals surface area contributed by atoms with E-state index < -0.39 is 0 Å². The molecule has 6 heteroatoms. The van der Waals surface area contributed by atoms with Crippen molar-refractivity contribution in [3.63, 3.8) is 0 Å². The fraction of sp³-hybridized carbons (Fsp3) is 0.333. The van der Waals surface area contributed by atoms with E-state index in [2.05, 4.69) is 10.3 Å². The van der Waals surface area contributed by atoms with Crippen molar-refractivity contribution in [1.29, 1.82) is 0 Å². The summed E-state index contributed by atoms with van der Waals surface area (Å²) in [6.45, 7) is 0. The predicted molar refractivity (Wildman–Crippen MR) is 80.3 cm³/mol. The minimum absolute atomic E-state index is 0.0900. The van der Waals surface area contributed by atoms with Crippen molar-refractivity contribution in [3.05, 3.63) is 56.6 Å². The van der Waals surface area contributed by atoms with Gasteiger partial charge in [0.2, 0.25) is 5.56 Å². The molecule has 2 heterocycles. The summed E-state index contributed by atoms with van der Waals surface area (Å²) in [6.07, 6.45) is 2.56. The first-order valence-electron chi connectivity index (χ1n) is 6.84. The van der Waals surface area contributed by atoms with Crippen LogP contribution < -0.4 is 10.9 Å². The summed E-state index contributed by atoms with van der Waals surface area (Å²) in [5.41, 5.74) is 0.194. The average Bonchev–Trinajstić information content (AvgIpc) is 2.96. The van der Waals surface area contributed by atoms with E-state index in [1.54, 1.807) is 11.3 Å². The molecule has 0 bridgehead atoms. The number of aromatic nitrogens is 1. The van der Waals surface area contributed by atoms with Crippen LogP contribution in [0.1, 0.15) is 34.1 Å². The van der Waals surface area contributed by atoms with E-state index >= 15 is 0 Å². The number of carbonyl (C=O) groups excluding carboxylic acids is 1. The van der Waals surface area contributed by atoms with Crippen molar-refractivity contribution in [2.45, 2.75) is 25.0 Å². The highest BCUT2D eigenvalue weighted by atomic mass is 32.1. The van der Waals surface area contributed by atoms with Gasteiger partial charge in [-0.05, 0) is 36.3 Å². The molecule has 1 aliphatic rings. The number of nitrogens with one attached hydrogen (secondary N) is 2. The molecule has 0 saturated heterocycles. The maximum atomic E-state index is 12.3. The number of thiophene rings is 1. The molecule has 2 aromatic heterocycles. The predicted octanol–water partition coefficient (Wildman–Crippen LogP) is 1.68. The maximum Gasteiger partial charge on any atom is 0.253 e. The molecule has 2 aromatic rings. The van der Waals surface area contributed by atoms with Gasteiger partial charge in [-0.1, -0.05) is 6.07 Å². The highest BCUT2D eigenvalue weighted by Gasteiger charge is 2.36. The Hall–Kier alpha value is -1.92. The van der Waals surface area contributed by atoms with Gasteiger partial charge in [0.15, 0.2) is 0 Å². The van der Waals surface area contributed by atoms with Gasteiger partial charge in [-0.25, -0.2) is 0 Å². The molecule has 1 atom stereocenters. The Labute approximate surface area is 125 Å². The Kier molecular flexibility index (Phi) is 3.90. The fourth-order valence-corrected chi connectivity index (χ4v) is 3.44. The Morgan fingerprint density at radius 1 is 1.38 bits per heavy atom. The zero-order valence-electron chi connectivity index (χ0n) is 11.3. The molecule has 0 aliphatic heterocycles. The van der Waals surface area contributed by atoms with Gasteiger partial charge in [-0.3, -0.25) is 9.59 Å². The Morgan fingerprint density at radius 2 is 2.19 bits per heavy atom. The first-order chi connectivity index (χ1) is 10.1. The lowest BCUT2D eigenvalue weighted by Gasteiger charge is -2.37. The minimum atomic E-state index is -0.262. The van der Waals surface area contributed by atoms with Crippen LogP contribution in [0, 0.1) is 5.92 Å². The highest BCUT2D eigenvalue weighted by Crippen LogP contribution is 2.39. The van der Waals surface area contributed by atoms with E-state index in [0.717, 1.165) is 4.88 Å². The van der Waals surface area contributed by atoms with Crippen LogP contribution in [-0.2, 0) is 0 Å². The molecular formula is C15H16N2O3S. The number of H-pyrrole nitrogens is 1. The van der Waals surface area contributed by atoms with Gasteiger partial charge in [0.25, 0.3) is 5.91 Å². The molecule has 1 saturated carbocycles. The van der Waals surface area contributed by atoms with Crippen molar-refractivity contribution in [2.75, 3.05) is 0 Å². The summed E-state index contributed by atoms with van der Waals surface area (Å²) in [5, 5.41) is 14.5. The second kappa shape index (κ2) is 5.83. The number of hydrogen-bond acceptors (Lipinski definition) is 4. The number of rotatable bonds is 4. The zero-order chi connectivity index (χ0) is 14.8. The van der Waals surface area contributed by atoms with Gasteiger partial charge >= 0.3 is 0 Å². The van der Waals surface area contributed by atoms with E-state index in [1.807, 2.05) is 17.5 Å². The third-order valence-electron chi connectivity index (χ3n) is 3.80. The SMILES string of the molecule is O=C(N[C@H](c1cccs1)C1CC(O)C1)c1ccc(=O)[nH]c1. The standard InChI is InChI=1S/C15H16N2O3S/c18-11-6-10(7-11)14(12-2-1-5-21-12)17-15(20)9-3-4-13(19)16-8-9/h1-5,8,10-11,14,18H,6-7H2,(H,16,19)(H,17,20)/t10?,11?,14-/m0/s1. The quantitative estimate of drug-likeness (QED) is 0.803. The number of aliphatic hydroxyl groups is 1. The molecule has 0 aromatic carbocycles. The molecule has 3 N–H and O–H groups in total. The summed E-state index contributed by atoms with van der Waals surface area (Å²) in [6, 6.07) is 6.70. The monoisotopic (exact) mass is 304 g/mol. The van der Waals surface area contributed by atoms with Gasteiger partial charge in [0.1, 0.15) is 0 Å².